The zero-order chi connectivity index (χ0) is 13.4. The maximum atomic E-state index is 12.1. The zero-order valence-corrected chi connectivity index (χ0v) is 9.95. The van der Waals surface area contributed by atoms with Crippen LogP contribution in [0.1, 0.15) is 32.6 Å². The molecule has 1 aliphatic heterocycles. The molecule has 0 saturated carbocycles. The summed E-state index contributed by atoms with van der Waals surface area (Å²) in [5.74, 6) is -0.436. The Labute approximate surface area is 109 Å². The van der Waals surface area contributed by atoms with Gasteiger partial charge in [-0.3, -0.25) is 14.5 Å². The number of amides is 2. The van der Waals surface area contributed by atoms with Crippen LogP contribution < -0.4 is 0 Å². The number of carbonyl (C=O) groups excluding carboxylic acids is 2. The van der Waals surface area contributed by atoms with Crippen LogP contribution in [-0.2, 0) is 0 Å². The number of imide groups is 1. The van der Waals surface area contributed by atoms with Crippen molar-refractivity contribution in [2.45, 2.75) is 6.10 Å². The van der Waals surface area contributed by atoms with Crippen molar-refractivity contribution in [2.24, 2.45) is 0 Å². The van der Waals surface area contributed by atoms with Crippen molar-refractivity contribution < 1.29 is 19.1 Å². The van der Waals surface area contributed by atoms with E-state index in [9.17, 15) is 14.7 Å². The molecule has 2 aromatic rings. The van der Waals surface area contributed by atoms with Gasteiger partial charge in [0.25, 0.3) is 11.8 Å². The summed E-state index contributed by atoms with van der Waals surface area (Å²) in [5, 5.41) is 9.94. The minimum atomic E-state index is -1.02. The molecule has 0 saturated heterocycles. The Kier molecular flexibility index (Phi) is 2.68. The number of benzene rings is 1. The van der Waals surface area contributed by atoms with Crippen LogP contribution in [0.15, 0.2) is 47.1 Å². The smallest absolute Gasteiger partial charge is 0.261 e. The van der Waals surface area contributed by atoms with Crippen molar-refractivity contribution in [3.05, 3.63) is 59.5 Å². The lowest BCUT2D eigenvalue weighted by atomic mass is 10.1. The second-order valence-corrected chi connectivity index (χ2v) is 4.30. The molecule has 1 N–H and O–H groups in total. The first kappa shape index (κ1) is 11.7. The monoisotopic (exact) mass is 257 g/mol. The molecule has 2 heterocycles. The van der Waals surface area contributed by atoms with Crippen molar-refractivity contribution >= 4 is 11.8 Å². The topological polar surface area (TPSA) is 70.8 Å². The molecule has 1 aliphatic rings. The van der Waals surface area contributed by atoms with Gasteiger partial charge in [0, 0.05) is 0 Å². The predicted molar refractivity (Wildman–Crippen MR) is 65.5 cm³/mol. The molecule has 2 amide bonds. The number of carbonyl (C=O) groups is 2. The van der Waals surface area contributed by atoms with Crippen molar-refractivity contribution in [3.63, 3.8) is 0 Å². The van der Waals surface area contributed by atoms with E-state index in [1.165, 1.54) is 6.26 Å². The molecule has 0 radical (unpaired) electrons. The standard InChI is InChI=1S/C14H11NO4/c16-11(12-6-3-7-19-12)8-15-13(17)9-4-1-2-5-10(9)14(15)18/h1-7,11,16H,8H2/t11-/m1/s1. The molecule has 5 nitrogen and oxygen atoms in total. The molecule has 19 heavy (non-hydrogen) atoms. The second-order valence-electron chi connectivity index (χ2n) is 4.30. The molecule has 96 valence electrons. The van der Waals surface area contributed by atoms with Gasteiger partial charge in [0.15, 0.2) is 0 Å². The van der Waals surface area contributed by atoms with Gasteiger partial charge in [0.1, 0.15) is 11.9 Å². The maximum Gasteiger partial charge on any atom is 0.261 e. The number of fused-ring (bicyclic) bond motifs is 1. The Morgan fingerprint density at radius 1 is 1.05 bits per heavy atom. The van der Waals surface area contributed by atoms with E-state index in [0.717, 1.165) is 4.90 Å². The Bertz CT molecular complexity index is 598. The van der Waals surface area contributed by atoms with Gasteiger partial charge in [0.05, 0.1) is 23.9 Å². The van der Waals surface area contributed by atoms with Crippen molar-refractivity contribution in [1.29, 1.82) is 0 Å². The number of aliphatic hydroxyl groups excluding tert-OH is 1. The van der Waals surface area contributed by atoms with Crippen molar-refractivity contribution in [2.75, 3.05) is 6.54 Å². The fourth-order valence-electron chi connectivity index (χ4n) is 2.15. The second kappa shape index (κ2) is 4.37. The number of aliphatic hydroxyl groups is 1. The number of hydrogen-bond donors (Lipinski definition) is 1. The highest BCUT2D eigenvalue weighted by Crippen LogP contribution is 2.25. The van der Waals surface area contributed by atoms with Crippen molar-refractivity contribution in [1.82, 2.24) is 4.90 Å². The van der Waals surface area contributed by atoms with Gasteiger partial charge in [0.2, 0.25) is 0 Å². The summed E-state index contributed by atoms with van der Waals surface area (Å²) in [6.07, 6.45) is 0.415. The lowest BCUT2D eigenvalue weighted by molar-refractivity contribution is 0.0514. The first-order chi connectivity index (χ1) is 9.18. The van der Waals surface area contributed by atoms with E-state index in [2.05, 4.69) is 0 Å². The number of rotatable bonds is 3. The first-order valence-electron chi connectivity index (χ1n) is 5.85. The van der Waals surface area contributed by atoms with E-state index in [1.807, 2.05) is 0 Å². The van der Waals surface area contributed by atoms with Crippen LogP contribution in [0.2, 0.25) is 0 Å². The minimum Gasteiger partial charge on any atom is -0.467 e. The lowest BCUT2D eigenvalue weighted by Gasteiger charge is -2.16. The average Bonchev–Trinajstić information content (AvgIpc) is 3.03. The molecule has 3 rings (SSSR count). The summed E-state index contributed by atoms with van der Waals surface area (Å²) < 4.78 is 5.05. The van der Waals surface area contributed by atoms with E-state index >= 15 is 0 Å². The van der Waals surface area contributed by atoms with Gasteiger partial charge in [-0.05, 0) is 24.3 Å². The van der Waals surface area contributed by atoms with Crippen LogP contribution in [0.3, 0.4) is 0 Å². The molecule has 1 aromatic heterocycles. The lowest BCUT2D eigenvalue weighted by Crippen LogP contribution is -2.33. The van der Waals surface area contributed by atoms with Crippen molar-refractivity contribution in [3.8, 4) is 0 Å². The summed E-state index contributed by atoms with van der Waals surface area (Å²) >= 11 is 0. The van der Waals surface area contributed by atoms with Gasteiger partial charge in [-0.2, -0.15) is 0 Å². The van der Waals surface area contributed by atoms with Gasteiger partial charge in [-0.1, -0.05) is 12.1 Å². The summed E-state index contributed by atoms with van der Waals surface area (Å²) in [6.45, 7) is -0.111. The Morgan fingerprint density at radius 3 is 2.21 bits per heavy atom. The summed E-state index contributed by atoms with van der Waals surface area (Å²) in [4.78, 5) is 25.2. The van der Waals surface area contributed by atoms with Gasteiger partial charge in [-0.25, -0.2) is 0 Å². The molecule has 0 fully saturated rings. The highest BCUT2D eigenvalue weighted by Gasteiger charge is 2.36. The third-order valence-corrected chi connectivity index (χ3v) is 3.11. The van der Waals surface area contributed by atoms with E-state index in [0.29, 0.717) is 16.9 Å². The predicted octanol–water partition coefficient (Wildman–Crippen LogP) is 1.61. The number of furan rings is 1. The SMILES string of the molecule is O=C1c2ccccc2C(=O)N1C[C@@H](O)c1ccco1. The molecule has 0 bridgehead atoms. The van der Waals surface area contributed by atoms with E-state index < -0.39 is 6.10 Å². The molecule has 1 atom stereocenters. The van der Waals surface area contributed by atoms with E-state index in [1.54, 1.807) is 36.4 Å². The van der Waals surface area contributed by atoms with Crippen LogP contribution >= 0.6 is 0 Å². The zero-order valence-electron chi connectivity index (χ0n) is 9.95. The highest BCUT2D eigenvalue weighted by molar-refractivity contribution is 6.21. The summed E-state index contributed by atoms with van der Waals surface area (Å²) in [6, 6.07) is 9.86. The third-order valence-electron chi connectivity index (χ3n) is 3.11. The molecular formula is C14H11NO4. The Morgan fingerprint density at radius 2 is 1.68 bits per heavy atom. The van der Waals surface area contributed by atoms with Crippen LogP contribution in [0.25, 0.3) is 0 Å². The Balaban J connectivity index is 1.85. The van der Waals surface area contributed by atoms with Crippen LogP contribution in [-0.4, -0.2) is 28.4 Å². The summed E-state index contributed by atoms with van der Waals surface area (Å²) in [7, 11) is 0. The van der Waals surface area contributed by atoms with E-state index in [-0.39, 0.29) is 18.4 Å². The molecule has 1 aromatic carbocycles. The normalized spacial score (nSPS) is 15.7. The number of β-amino-alcohol motifs (C(OH)–C–C–N with tert-alkyl or cyclic N) is 1. The van der Waals surface area contributed by atoms with Gasteiger partial charge in [-0.15, -0.1) is 0 Å². The van der Waals surface area contributed by atoms with Gasteiger partial charge >= 0.3 is 0 Å². The minimum absolute atomic E-state index is 0.111. The fraction of sp³-hybridized carbons (Fsp3) is 0.143. The number of hydrogen-bond acceptors (Lipinski definition) is 4. The third kappa shape index (κ3) is 1.84. The van der Waals surface area contributed by atoms with Crippen LogP contribution in [0, 0.1) is 0 Å². The molecular weight excluding hydrogens is 246 g/mol. The molecule has 0 spiro atoms. The first-order valence-corrected chi connectivity index (χ1v) is 5.85. The largest absolute Gasteiger partial charge is 0.467 e. The molecule has 5 heteroatoms. The average molecular weight is 257 g/mol. The van der Waals surface area contributed by atoms with Crippen LogP contribution in [0.5, 0.6) is 0 Å². The maximum absolute atomic E-state index is 12.1. The summed E-state index contributed by atoms with van der Waals surface area (Å²) in [5.41, 5.74) is 0.748. The quantitative estimate of drug-likeness (QED) is 0.848. The molecule has 0 unspecified atom stereocenters. The Hall–Kier alpha value is -2.40. The molecule has 0 aliphatic carbocycles. The van der Waals surface area contributed by atoms with E-state index in [4.69, 9.17) is 4.42 Å². The number of nitrogens with zero attached hydrogens (tertiary/aromatic N) is 1. The highest BCUT2D eigenvalue weighted by atomic mass is 16.4. The fourth-order valence-corrected chi connectivity index (χ4v) is 2.15. The van der Waals surface area contributed by atoms with Gasteiger partial charge < -0.3 is 9.52 Å². The van der Waals surface area contributed by atoms with Crippen LogP contribution in [0.4, 0.5) is 0 Å².